The zero-order valence-corrected chi connectivity index (χ0v) is 23.3. The maximum atomic E-state index is 8.99. The SMILES string of the molecule is COc1nc(-c2cccc(-c3cccc(Nc4nc(C)nc5cccnc45)c3C)c2Cl)cnc1CNCCCO. The molecule has 5 rings (SSSR count). The van der Waals surface area contributed by atoms with Gasteiger partial charge in [0.2, 0.25) is 5.88 Å². The molecule has 204 valence electrons. The fourth-order valence-corrected chi connectivity index (χ4v) is 4.85. The number of anilines is 2. The van der Waals surface area contributed by atoms with Crippen molar-refractivity contribution in [3.05, 3.63) is 83.0 Å². The molecule has 0 radical (unpaired) electrons. The van der Waals surface area contributed by atoms with Gasteiger partial charge in [-0.15, -0.1) is 0 Å². The average molecular weight is 556 g/mol. The van der Waals surface area contributed by atoms with Gasteiger partial charge in [-0.3, -0.25) is 9.97 Å². The van der Waals surface area contributed by atoms with Crippen molar-refractivity contribution in [2.24, 2.45) is 0 Å². The first-order valence-corrected chi connectivity index (χ1v) is 13.3. The number of pyridine rings is 1. The van der Waals surface area contributed by atoms with Gasteiger partial charge in [0.15, 0.2) is 5.82 Å². The third-order valence-electron chi connectivity index (χ3n) is 6.53. The van der Waals surface area contributed by atoms with Crippen molar-refractivity contribution >= 4 is 34.1 Å². The van der Waals surface area contributed by atoms with Crippen LogP contribution in [-0.4, -0.2) is 50.3 Å². The van der Waals surface area contributed by atoms with Crippen LogP contribution in [0.3, 0.4) is 0 Å². The lowest BCUT2D eigenvalue weighted by molar-refractivity contribution is 0.285. The molecule has 5 aromatic rings. The number of fused-ring (bicyclic) bond motifs is 1. The monoisotopic (exact) mass is 555 g/mol. The minimum atomic E-state index is 0.135. The van der Waals surface area contributed by atoms with Gasteiger partial charge in [0.25, 0.3) is 0 Å². The number of nitrogens with zero attached hydrogens (tertiary/aromatic N) is 5. The van der Waals surface area contributed by atoms with E-state index < -0.39 is 0 Å². The van der Waals surface area contributed by atoms with Crippen LogP contribution in [-0.2, 0) is 6.54 Å². The van der Waals surface area contributed by atoms with E-state index in [-0.39, 0.29) is 6.61 Å². The number of methoxy groups -OCH3 is 1. The minimum absolute atomic E-state index is 0.135. The molecule has 0 aliphatic carbocycles. The average Bonchev–Trinajstić information content (AvgIpc) is 2.97. The highest BCUT2D eigenvalue weighted by molar-refractivity contribution is 6.36. The van der Waals surface area contributed by atoms with Crippen LogP contribution in [0.4, 0.5) is 11.5 Å². The summed E-state index contributed by atoms with van der Waals surface area (Å²) in [6.45, 7) is 5.21. The van der Waals surface area contributed by atoms with E-state index in [0.717, 1.165) is 33.5 Å². The number of rotatable bonds is 10. The molecule has 2 aromatic carbocycles. The van der Waals surface area contributed by atoms with Crippen LogP contribution >= 0.6 is 11.6 Å². The summed E-state index contributed by atoms with van der Waals surface area (Å²) in [5, 5.41) is 16.3. The highest BCUT2D eigenvalue weighted by Gasteiger charge is 2.17. The molecule has 3 N–H and O–H groups in total. The molecule has 0 aliphatic heterocycles. The van der Waals surface area contributed by atoms with Gasteiger partial charge < -0.3 is 20.5 Å². The summed E-state index contributed by atoms with van der Waals surface area (Å²) in [5.74, 6) is 1.74. The van der Waals surface area contributed by atoms with Crippen molar-refractivity contribution in [2.75, 3.05) is 25.6 Å². The van der Waals surface area contributed by atoms with E-state index in [9.17, 15) is 0 Å². The van der Waals surface area contributed by atoms with Gasteiger partial charge in [0.05, 0.1) is 29.5 Å². The van der Waals surface area contributed by atoms with E-state index in [2.05, 4.69) is 30.6 Å². The van der Waals surface area contributed by atoms with Gasteiger partial charge in [-0.25, -0.2) is 15.0 Å². The van der Waals surface area contributed by atoms with Crippen LogP contribution < -0.4 is 15.4 Å². The van der Waals surface area contributed by atoms with Gasteiger partial charge in [-0.1, -0.05) is 41.9 Å². The number of aromatic nitrogens is 5. The number of aliphatic hydroxyl groups excluding tert-OH is 1. The number of hydrogen-bond donors (Lipinski definition) is 3. The van der Waals surface area contributed by atoms with Crippen LogP contribution in [0, 0.1) is 13.8 Å². The van der Waals surface area contributed by atoms with E-state index in [4.69, 9.17) is 26.4 Å². The maximum absolute atomic E-state index is 8.99. The van der Waals surface area contributed by atoms with E-state index in [1.54, 1.807) is 19.5 Å². The molecule has 3 heterocycles. The number of aliphatic hydroxyl groups is 1. The Kier molecular flexibility index (Phi) is 8.45. The second-order valence-electron chi connectivity index (χ2n) is 9.23. The highest BCUT2D eigenvalue weighted by Crippen LogP contribution is 2.39. The second kappa shape index (κ2) is 12.3. The van der Waals surface area contributed by atoms with Crippen LogP contribution in [0.5, 0.6) is 5.88 Å². The first-order valence-electron chi connectivity index (χ1n) is 13.0. The van der Waals surface area contributed by atoms with E-state index in [1.807, 2.05) is 62.4 Å². The number of hydrogen-bond acceptors (Lipinski definition) is 9. The molecule has 0 amide bonds. The molecule has 0 bridgehead atoms. The Hall–Kier alpha value is -4.18. The summed E-state index contributed by atoms with van der Waals surface area (Å²) >= 11 is 7.02. The molecule has 10 heteroatoms. The van der Waals surface area contributed by atoms with Gasteiger partial charge in [-0.2, -0.15) is 0 Å². The second-order valence-corrected chi connectivity index (χ2v) is 9.60. The van der Waals surface area contributed by atoms with Gasteiger partial charge in [-0.05, 0) is 56.1 Å². The molecule has 0 aliphatic rings. The molecule has 0 saturated carbocycles. The number of benzene rings is 2. The van der Waals surface area contributed by atoms with Crippen molar-refractivity contribution < 1.29 is 9.84 Å². The molecule has 3 aromatic heterocycles. The summed E-state index contributed by atoms with van der Waals surface area (Å²) in [6, 6.07) is 15.7. The number of halogens is 1. The lowest BCUT2D eigenvalue weighted by atomic mass is 9.96. The molecule has 0 unspecified atom stereocenters. The normalized spacial score (nSPS) is 11.1. The lowest BCUT2D eigenvalue weighted by Crippen LogP contribution is -2.17. The molecule has 0 saturated heterocycles. The largest absolute Gasteiger partial charge is 0.480 e. The maximum Gasteiger partial charge on any atom is 0.237 e. The topological polar surface area (TPSA) is 118 Å². The van der Waals surface area contributed by atoms with Crippen molar-refractivity contribution in [1.29, 1.82) is 0 Å². The van der Waals surface area contributed by atoms with Crippen LogP contribution in [0.25, 0.3) is 33.4 Å². The van der Waals surface area contributed by atoms with Crippen LogP contribution in [0.2, 0.25) is 5.02 Å². The standard InChI is InChI=1S/C30H30ClN7O2/c1-18-20(8-5-11-23(18)37-29-28-24(12-6-14-33-28)35-19(2)36-29)21-9-4-10-22(27(21)31)25-17-34-26(30(38-25)40-3)16-32-13-7-15-39/h4-6,8-12,14,17,32,39H,7,13,15-16H2,1-3H3,(H,35,36,37). The highest BCUT2D eigenvalue weighted by atomic mass is 35.5. The van der Waals surface area contributed by atoms with E-state index in [1.165, 1.54) is 0 Å². The predicted octanol–water partition coefficient (Wildman–Crippen LogP) is 5.64. The van der Waals surface area contributed by atoms with Crippen molar-refractivity contribution in [1.82, 2.24) is 30.2 Å². The third kappa shape index (κ3) is 5.72. The minimum Gasteiger partial charge on any atom is -0.480 e. The number of aryl methyl sites for hydroxylation is 1. The fraction of sp³-hybridized carbons (Fsp3) is 0.233. The molecule has 0 spiro atoms. The zero-order chi connectivity index (χ0) is 28.1. The van der Waals surface area contributed by atoms with Gasteiger partial charge in [0.1, 0.15) is 17.0 Å². The Labute approximate surface area is 237 Å². The molecule has 9 nitrogen and oxygen atoms in total. The number of nitrogens with one attached hydrogen (secondary N) is 2. The summed E-state index contributed by atoms with van der Waals surface area (Å²) in [6.07, 6.45) is 4.11. The summed E-state index contributed by atoms with van der Waals surface area (Å²) < 4.78 is 5.52. The first kappa shape index (κ1) is 27.4. The quantitative estimate of drug-likeness (QED) is 0.188. The van der Waals surface area contributed by atoms with Crippen LogP contribution in [0.1, 0.15) is 23.5 Å². The summed E-state index contributed by atoms with van der Waals surface area (Å²) in [7, 11) is 1.57. The Balaban J connectivity index is 1.48. The van der Waals surface area contributed by atoms with Crippen molar-refractivity contribution in [2.45, 2.75) is 26.8 Å². The van der Waals surface area contributed by atoms with Gasteiger partial charge >= 0.3 is 0 Å². The molecule has 0 atom stereocenters. The lowest BCUT2D eigenvalue weighted by Gasteiger charge is -2.16. The predicted molar refractivity (Wildman–Crippen MR) is 158 cm³/mol. The smallest absolute Gasteiger partial charge is 0.237 e. The molecular formula is C30H30ClN7O2. The van der Waals surface area contributed by atoms with Crippen molar-refractivity contribution in [3.8, 4) is 28.3 Å². The number of ether oxygens (including phenoxy) is 1. The van der Waals surface area contributed by atoms with Gasteiger partial charge in [0, 0.05) is 36.2 Å². The molecular weight excluding hydrogens is 526 g/mol. The van der Waals surface area contributed by atoms with Crippen LogP contribution in [0.15, 0.2) is 60.9 Å². The summed E-state index contributed by atoms with van der Waals surface area (Å²) in [4.78, 5) is 22.9. The fourth-order valence-electron chi connectivity index (χ4n) is 4.52. The Bertz CT molecular complexity index is 1660. The Morgan fingerprint density at radius 2 is 1.73 bits per heavy atom. The first-order chi connectivity index (χ1) is 19.5. The van der Waals surface area contributed by atoms with Crippen molar-refractivity contribution in [3.63, 3.8) is 0 Å². The van der Waals surface area contributed by atoms with E-state index in [0.29, 0.717) is 59.0 Å². The molecule has 0 fully saturated rings. The Morgan fingerprint density at radius 1 is 0.925 bits per heavy atom. The van der Waals surface area contributed by atoms with E-state index >= 15 is 0 Å². The summed E-state index contributed by atoms with van der Waals surface area (Å²) in [5.41, 5.74) is 7.30. The zero-order valence-electron chi connectivity index (χ0n) is 22.6. The third-order valence-corrected chi connectivity index (χ3v) is 6.93. The molecule has 40 heavy (non-hydrogen) atoms. The Morgan fingerprint density at radius 3 is 2.55 bits per heavy atom.